The van der Waals surface area contributed by atoms with Crippen molar-refractivity contribution in [3.05, 3.63) is 64.6 Å². The molecule has 1 fully saturated rings. The van der Waals surface area contributed by atoms with Crippen molar-refractivity contribution < 1.29 is 29.3 Å². The minimum atomic E-state index is -1.06. The number of carboxylic acid groups (broad SMARTS) is 2. The predicted octanol–water partition coefficient (Wildman–Crippen LogP) is 3.13. The summed E-state index contributed by atoms with van der Waals surface area (Å²) in [5.41, 5.74) is 1.26. The van der Waals surface area contributed by atoms with E-state index in [4.69, 9.17) is 14.9 Å². The van der Waals surface area contributed by atoms with Crippen LogP contribution >= 0.6 is 11.8 Å². The number of carbonyl (C=O) groups is 3. The second-order valence-electron chi connectivity index (χ2n) is 6.00. The molecule has 3 N–H and O–H groups in total. The van der Waals surface area contributed by atoms with Gasteiger partial charge >= 0.3 is 11.9 Å². The first-order chi connectivity index (χ1) is 13.8. The zero-order valence-electron chi connectivity index (χ0n) is 15.2. The number of hydrogen-bond acceptors (Lipinski definition) is 6. The average molecular weight is 412 g/mol. The average Bonchev–Trinajstić information content (AvgIpc) is 3.02. The van der Waals surface area contributed by atoms with E-state index in [0.29, 0.717) is 21.5 Å². The number of thioether (sulfide) groups is 1. The van der Waals surface area contributed by atoms with E-state index < -0.39 is 18.0 Å². The summed E-state index contributed by atoms with van der Waals surface area (Å²) in [5, 5.41) is 20.9. The van der Waals surface area contributed by atoms with Gasteiger partial charge in [-0.05, 0) is 60.7 Å². The number of nitrogens with zero attached hydrogens (tertiary/aromatic N) is 1. The molecule has 1 atom stereocenters. The molecule has 2 aromatic carbocycles. The molecule has 0 spiro atoms. The largest absolute Gasteiger partial charge is 0.479 e. The van der Waals surface area contributed by atoms with Gasteiger partial charge in [-0.1, -0.05) is 18.2 Å². The molecule has 0 aliphatic carbocycles. The third kappa shape index (κ3) is 5.23. The summed E-state index contributed by atoms with van der Waals surface area (Å²) in [7, 11) is 0. The van der Waals surface area contributed by atoms with Gasteiger partial charge in [0.25, 0.3) is 5.91 Å². The molecule has 0 saturated carbocycles. The lowest BCUT2D eigenvalue weighted by molar-refractivity contribution is -0.144. The van der Waals surface area contributed by atoms with E-state index >= 15 is 0 Å². The van der Waals surface area contributed by atoms with Crippen LogP contribution in [-0.4, -0.2) is 39.3 Å². The second kappa shape index (κ2) is 8.61. The molecule has 8 nitrogen and oxygen atoms in total. The van der Waals surface area contributed by atoms with Gasteiger partial charge in [-0.3, -0.25) is 4.79 Å². The van der Waals surface area contributed by atoms with Crippen molar-refractivity contribution in [2.24, 2.45) is 4.99 Å². The van der Waals surface area contributed by atoms with Crippen molar-refractivity contribution in [1.82, 2.24) is 5.32 Å². The summed E-state index contributed by atoms with van der Waals surface area (Å²) in [6.07, 6.45) is 0.703. The van der Waals surface area contributed by atoms with Gasteiger partial charge in [0.05, 0.1) is 16.2 Å². The Morgan fingerprint density at radius 1 is 1.17 bits per heavy atom. The molecule has 0 bridgehead atoms. The molecule has 3 rings (SSSR count). The lowest BCUT2D eigenvalue weighted by Crippen LogP contribution is -2.22. The van der Waals surface area contributed by atoms with Crippen molar-refractivity contribution in [3.8, 4) is 5.75 Å². The van der Waals surface area contributed by atoms with E-state index in [1.165, 1.54) is 19.1 Å². The maximum atomic E-state index is 12.2. The monoisotopic (exact) mass is 412 g/mol. The molecule has 0 radical (unpaired) electrons. The van der Waals surface area contributed by atoms with Crippen LogP contribution in [0.25, 0.3) is 6.08 Å². The number of hydrogen-bond donors (Lipinski definition) is 3. The molecule has 2 aromatic rings. The Labute approximate surface area is 169 Å². The van der Waals surface area contributed by atoms with Gasteiger partial charge in [0, 0.05) is 0 Å². The molecule has 1 saturated heterocycles. The normalized spacial score (nSPS) is 17.2. The van der Waals surface area contributed by atoms with Gasteiger partial charge in [0.2, 0.25) is 0 Å². The molecule has 1 unspecified atom stereocenters. The van der Waals surface area contributed by atoms with E-state index in [9.17, 15) is 14.4 Å². The number of aromatic carboxylic acids is 1. The molecule has 1 aliphatic rings. The Bertz CT molecular complexity index is 1030. The van der Waals surface area contributed by atoms with E-state index in [-0.39, 0.29) is 11.5 Å². The van der Waals surface area contributed by atoms with Crippen LogP contribution in [0.2, 0.25) is 0 Å². The Morgan fingerprint density at radius 2 is 1.90 bits per heavy atom. The predicted molar refractivity (Wildman–Crippen MR) is 108 cm³/mol. The van der Waals surface area contributed by atoms with Crippen LogP contribution in [0.1, 0.15) is 22.8 Å². The van der Waals surface area contributed by atoms with Crippen molar-refractivity contribution in [2.75, 3.05) is 0 Å². The molecule has 1 amide bonds. The maximum absolute atomic E-state index is 12.2. The van der Waals surface area contributed by atoms with Crippen LogP contribution in [0.5, 0.6) is 5.75 Å². The van der Waals surface area contributed by atoms with Gasteiger partial charge in [-0.15, -0.1) is 0 Å². The molecular formula is C20H16N2O6S. The smallest absolute Gasteiger partial charge is 0.344 e. The van der Waals surface area contributed by atoms with E-state index in [1.807, 2.05) is 0 Å². The highest BCUT2D eigenvalue weighted by Crippen LogP contribution is 2.28. The lowest BCUT2D eigenvalue weighted by Gasteiger charge is -2.10. The van der Waals surface area contributed by atoms with Gasteiger partial charge in [-0.25, -0.2) is 14.6 Å². The standard InChI is InChI=1S/C20H16N2O6S/c1-11(18(24)25)28-15-7-5-12(6-8-15)9-16-17(23)22-20(29-16)21-14-4-2-3-13(10-14)19(26)27/h2-11H,1H3,(H,24,25)(H,26,27)(H,21,22,23)/b16-9-. The van der Waals surface area contributed by atoms with Gasteiger partial charge in [0.1, 0.15) is 5.75 Å². The van der Waals surface area contributed by atoms with E-state index in [1.54, 1.807) is 42.5 Å². The third-order valence-corrected chi connectivity index (χ3v) is 4.72. The molecule has 1 aliphatic heterocycles. The number of ether oxygens (including phenoxy) is 1. The Hall–Kier alpha value is -3.59. The maximum Gasteiger partial charge on any atom is 0.344 e. The zero-order chi connectivity index (χ0) is 21.0. The van der Waals surface area contributed by atoms with Crippen molar-refractivity contribution >= 4 is 46.5 Å². The highest BCUT2D eigenvalue weighted by Gasteiger charge is 2.24. The van der Waals surface area contributed by atoms with Crippen LogP contribution in [0.4, 0.5) is 5.69 Å². The summed E-state index contributed by atoms with van der Waals surface area (Å²) in [4.78, 5) is 38.7. The molecule has 148 valence electrons. The first kappa shape index (κ1) is 20.2. The third-order valence-electron chi connectivity index (χ3n) is 3.81. The summed E-state index contributed by atoms with van der Waals surface area (Å²) in [6, 6.07) is 12.8. The SMILES string of the molecule is CC(Oc1ccc(/C=C2\SC(=Nc3cccc(C(=O)O)c3)NC2=O)cc1)C(=O)O. The number of amidine groups is 1. The number of rotatable bonds is 6. The number of amides is 1. The minimum Gasteiger partial charge on any atom is -0.479 e. The zero-order valence-corrected chi connectivity index (χ0v) is 16.0. The summed E-state index contributed by atoms with van der Waals surface area (Å²) < 4.78 is 5.27. The second-order valence-corrected chi connectivity index (χ2v) is 7.04. The first-order valence-corrected chi connectivity index (χ1v) is 9.26. The number of aliphatic imine (C=N–C) groups is 1. The van der Waals surface area contributed by atoms with Crippen molar-refractivity contribution in [1.29, 1.82) is 0 Å². The number of aliphatic carboxylic acids is 1. The summed E-state index contributed by atoms with van der Waals surface area (Å²) in [6.45, 7) is 1.44. The fourth-order valence-corrected chi connectivity index (χ4v) is 3.20. The molecule has 9 heteroatoms. The highest BCUT2D eigenvalue weighted by molar-refractivity contribution is 8.18. The number of carboxylic acids is 2. The summed E-state index contributed by atoms with van der Waals surface area (Å²) in [5.74, 6) is -2.02. The van der Waals surface area contributed by atoms with Crippen LogP contribution in [0.15, 0.2) is 58.4 Å². The number of carbonyl (C=O) groups excluding carboxylic acids is 1. The highest BCUT2D eigenvalue weighted by atomic mass is 32.2. The van der Waals surface area contributed by atoms with Crippen LogP contribution in [0, 0.1) is 0 Å². The first-order valence-electron chi connectivity index (χ1n) is 8.44. The van der Waals surface area contributed by atoms with Crippen LogP contribution in [0.3, 0.4) is 0 Å². The van der Waals surface area contributed by atoms with E-state index in [0.717, 1.165) is 17.3 Å². The minimum absolute atomic E-state index is 0.108. The molecule has 0 aromatic heterocycles. The fraction of sp³-hybridized carbons (Fsp3) is 0.100. The quantitative estimate of drug-likeness (QED) is 0.623. The Morgan fingerprint density at radius 3 is 2.55 bits per heavy atom. The Kier molecular flexibility index (Phi) is 5.99. The number of benzene rings is 2. The van der Waals surface area contributed by atoms with Gasteiger partial charge in [-0.2, -0.15) is 0 Å². The molecule has 29 heavy (non-hydrogen) atoms. The van der Waals surface area contributed by atoms with Crippen LogP contribution < -0.4 is 10.1 Å². The van der Waals surface area contributed by atoms with Gasteiger partial charge < -0.3 is 20.3 Å². The molecular weight excluding hydrogens is 396 g/mol. The summed E-state index contributed by atoms with van der Waals surface area (Å²) >= 11 is 1.14. The van der Waals surface area contributed by atoms with Crippen LogP contribution in [-0.2, 0) is 9.59 Å². The van der Waals surface area contributed by atoms with E-state index in [2.05, 4.69) is 10.3 Å². The van der Waals surface area contributed by atoms with Crippen molar-refractivity contribution in [3.63, 3.8) is 0 Å². The lowest BCUT2D eigenvalue weighted by atomic mass is 10.2. The fourth-order valence-electron chi connectivity index (χ4n) is 2.35. The Balaban J connectivity index is 1.73. The topological polar surface area (TPSA) is 125 Å². The van der Waals surface area contributed by atoms with Gasteiger partial charge in [0.15, 0.2) is 11.3 Å². The van der Waals surface area contributed by atoms with Crippen molar-refractivity contribution in [2.45, 2.75) is 13.0 Å². The number of nitrogens with one attached hydrogen (secondary N) is 1. The molecule has 1 heterocycles.